The van der Waals surface area contributed by atoms with Crippen molar-refractivity contribution in [1.29, 1.82) is 0 Å². The van der Waals surface area contributed by atoms with Gasteiger partial charge in [0, 0.05) is 41.3 Å². The fourth-order valence-corrected chi connectivity index (χ4v) is 3.16. The van der Waals surface area contributed by atoms with Gasteiger partial charge in [-0.15, -0.1) is 0 Å². The van der Waals surface area contributed by atoms with E-state index in [9.17, 15) is 0 Å². The van der Waals surface area contributed by atoms with Gasteiger partial charge < -0.3 is 52.0 Å². The summed E-state index contributed by atoms with van der Waals surface area (Å²) in [6.07, 6.45) is 1.41. The van der Waals surface area contributed by atoms with Crippen molar-refractivity contribution < 1.29 is 52.0 Å². The molecule has 0 saturated carbocycles. The van der Waals surface area contributed by atoms with E-state index in [2.05, 4.69) is 4.37 Å². The minimum atomic E-state index is -0.204. The van der Waals surface area contributed by atoms with Crippen molar-refractivity contribution in [2.75, 3.05) is 48.3 Å². The van der Waals surface area contributed by atoms with Gasteiger partial charge in [0.25, 0.3) is 6.29 Å². The molecule has 7 heteroatoms. The highest BCUT2D eigenvalue weighted by Gasteiger charge is 2.53. The van der Waals surface area contributed by atoms with E-state index in [1.54, 1.807) is 28.4 Å². The van der Waals surface area contributed by atoms with Gasteiger partial charge in [0.1, 0.15) is 31.5 Å². The molecule has 2 aliphatic rings. The molecule has 0 aromatic carbocycles. The van der Waals surface area contributed by atoms with Gasteiger partial charge in [0.05, 0.1) is 6.61 Å². The summed E-state index contributed by atoms with van der Waals surface area (Å²) in [6, 6.07) is 0. The van der Waals surface area contributed by atoms with Gasteiger partial charge in [-0.1, -0.05) is 0 Å². The molecular formula is C14H27IO6. The lowest BCUT2D eigenvalue weighted by Crippen LogP contribution is -3.00. The van der Waals surface area contributed by atoms with E-state index in [0.29, 0.717) is 6.61 Å². The largest absolute Gasteiger partial charge is 1.00 e. The Morgan fingerprint density at radius 2 is 1.48 bits per heavy atom. The van der Waals surface area contributed by atoms with Crippen LogP contribution in [-0.4, -0.2) is 79.0 Å². The summed E-state index contributed by atoms with van der Waals surface area (Å²) in [5.41, 5.74) is 0. The SMILES string of the molecule is COC[C@H]1OC([O+]2CCCC2)[C@H](OC)[C@@H](OC)[C@@H]1OC.[I-]. The number of rotatable bonds is 6. The molecular weight excluding hydrogens is 391 g/mol. The summed E-state index contributed by atoms with van der Waals surface area (Å²) in [7, 11) is 6.70. The third kappa shape index (κ3) is 4.27. The van der Waals surface area contributed by atoms with E-state index in [1.165, 1.54) is 12.8 Å². The number of ether oxygens (including phenoxy) is 5. The molecule has 2 aliphatic heterocycles. The molecule has 1 unspecified atom stereocenters. The standard InChI is InChI=1S/C14H27O6.HI/c1-15-9-10-11(16-2)12(17-3)13(18-4)14(19-10)20-7-5-6-8-20;/h10-14H,5-9H2,1-4H3;1H/q+1;/p-1/t10-,11-,12+,13-,14?;/m1./s1. The monoisotopic (exact) mass is 418 g/mol. The van der Waals surface area contributed by atoms with Crippen LogP contribution in [-0.2, 0) is 28.1 Å². The maximum absolute atomic E-state index is 6.18. The molecule has 126 valence electrons. The Morgan fingerprint density at radius 3 is 1.95 bits per heavy atom. The Balaban J connectivity index is 0.00000220. The van der Waals surface area contributed by atoms with Crippen molar-refractivity contribution in [3.8, 4) is 0 Å². The molecule has 0 bridgehead atoms. The van der Waals surface area contributed by atoms with Crippen molar-refractivity contribution in [3.05, 3.63) is 0 Å². The summed E-state index contributed by atoms with van der Waals surface area (Å²) >= 11 is 0. The Hall–Kier alpha value is 0.490. The van der Waals surface area contributed by atoms with Gasteiger partial charge in [-0.3, -0.25) is 0 Å². The summed E-state index contributed by atoms with van der Waals surface area (Å²) in [5, 5.41) is 0. The summed E-state index contributed by atoms with van der Waals surface area (Å²) in [5.74, 6) is 0. The fraction of sp³-hybridized carbons (Fsp3) is 1.00. The highest BCUT2D eigenvalue weighted by molar-refractivity contribution is 4.93. The maximum atomic E-state index is 6.18. The average molecular weight is 418 g/mol. The van der Waals surface area contributed by atoms with Crippen LogP contribution in [0.2, 0.25) is 0 Å². The van der Waals surface area contributed by atoms with Gasteiger partial charge in [0.15, 0.2) is 6.10 Å². The fourth-order valence-electron chi connectivity index (χ4n) is 3.16. The smallest absolute Gasteiger partial charge is 0.296 e. The third-order valence-electron chi connectivity index (χ3n) is 4.13. The van der Waals surface area contributed by atoms with Crippen LogP contribution >= 0.6 is 0 Å². The second-order valence-corrected chi connectivity index (χ2v) is 5.25. The first-order valence-electron chi connectivity index (χ1n) is 7.15. The first-order valence-corrected chi connectivity index (χ1v) is 7.15. The second kappa shape index (κ2) is 9.59. The lowest BCUT2D eigenvalue weighted by atomic mass is 9.98. The van der Waals surface area contributed by atoms with Crippen LogP contribution in [0.15, 0.2) is 0 Å². The van der Waals surface area contributed by atoms with E-state index in [1.807, 2.05) is 0 Å². The van der Waals surface area contributed by atoms with Crippen molar-refractivity contribution in [3.63, 3.8) is 0 Å². The van der Waals surface area contributed by atoms with Crippen LogP contribution in [0, 0.1) is 0 Å². The zero-order chi connectivity index (χ0) is 14.5. The molecule has 2 heterocycles. The number of hydrogen-bond acceptors (Lipinski definition) is 5. The van der Waals surface area contributed by atoms with Gasteiger partial charge in [-0.05, 0) is 0 Å². The molecule has 0 aliphatic carbocycles. The van der Waals surface area contributed by atoms with Gasteiger partial charge in [-0.2, -0.15) is 0 Å². The lowest BCUT2D eigenvalue weighted by molar-refractivity contribution is -0.373. The highest BCUT2D eigenvalue weighted by Crippen LogP contribution is 2.32. The number of hydrogen-bond donors (Lipinski definition) is 0. The molecule has 2 saturated heterocycles. The van der Waals surface area contributed by atoms with Crippen LogP contribution in [0.4, 0.5) is 0 Å². The van der Waals surface area contributed by atoms with Crippen LogP contribution in [0.25, 0.3) is 0 Å². The van der Waals surface area contributed by atoms with Crippen molar-refractivity contribution >= 4 is 0 Å². The quantitative estimate of drug-likeness (QED) is 0.361. The van der Waals surface area contributed by atoms with E-state index in [-0.39, 0.29) is 54.7 Å². The lowest BCUT2D eigenvalue weighted by Gasteiger charge is -2.44. The number of methoxy groups -OCH3 is 4. The van der Waals surface area contributed by atoms with Gasteiger partial charge >= 0.3 is 0 Å². The van der Waals surface area contributed by atoms with Crippen molar-refractivity contribution in [2.45, 2.75) is 43.5 Å². The zero-order valence-electron chi connectivity index (χ0n) is 13.2. The third-order valence-corrected chi connectivity index (χ3v) is 4.13. The molecule has 0 aromatic heterocycles. The second-order valence-electron chi connectivity index (χ2n) is 5.25. The van der Waals surface area contributed by atoms with Crippen LogP contribution in [0.3, 0.4) is 0 Å². The molecule has 0 amide bonds. The summed E-state index contributed by atoms with van der Waals surface area (Å²) < 4.78 is 31.5. The van der Waals surface area contributed by atoms with E-state index in [0.717, 1.165) is 13.2 Å². The van der Waals surface area contributed by atoms with Gasteiger partial charge in [0.2, 0.25) is 0 Å². The average Bonchev–Trinajstić information content (AvgIpc) is 3.00. The zero-order valence-corrected chi connectivity index (χ0v) is 15.4. The molecule has 6 nitrogen and oxygen atoms in total. The molecule has 2 fully saturated rings. The maximum Gasteiger partial charge on any atom is 0.296 e. The first kappa shape index (κ1) is 19.5. The normalized spacial score (nSPS) is 37.4. The van der Waals surface area contributed by atoms with Crippen molar-refractivity contribution in [2.24, 2.45) is 0 Å². The molecule has 21 heavy (non-hydrogen) atoms. The Bertz CT molecular complexity index is 287. The minimum Gasteiger partial charge on any atom is -1.00 e. The summed E-state index contributed by atoms with van der Waals surface area (Å²) in [4.78, 5) is 0. The topological polar surface area (TPSA) is 48.9 Å². The number of halogens is 1. The molecule has 0 radical (unpaired) electrons. The summed E-state index contributed by atoms with van der Waals surface area (Å²) in [6.45, 7) is 2.39. The van der Waals surface area contributed by atoms with Crippen LogP contribution in [0.1, 0.15) is 12.8 Å². The highest BCUT2D eigenvalue weighted by atomic mass is 127. The first-order chi connectivity index (χ1) is 9.76. The van der Waals surface area contributed by atoms with Crippen LogP contribution < -0.4 is 24.0 Å². The Morgan fingerprint density at radius 1 is 0.905 bits per heavy atom. The minimum absolute atomic E-state index is 0. The van der Waals surface area contributed by atoms with E-state index in [4.69, 9.17) is 23.7 Å². The van der Waals surface area contributed by atoms with E-state index >= 15 is 0 Å². The predicted octanol–water partition coefficient (Wildman–Crippen LogP) is -2.25. The van der Waals surface area contributed by atoms with E-state index < -0.39 is 0 Å². The molecule has 0 N–H and O–H groups in total. The molecule has 0 aromatic rings. The van der Waals surface area contributed by atoms with Crippen molar-refractivity contribution in [1.82, 2.24) is 0 Å². The molecule has 0 spiro atoms. The Labute approximate surface area is 144 Å². The molecule has 5 atom stereocenters. The predicted molar refractivity (Wildman–Crippen MR) is 73.0 cm³/mol. The Kier molecular flexibility index (Phi) is 8.92. The molecule has 2 rings (SSSR count). The van der Waals surface area contributed by atoms with Crippen LogP contribution in [0.5, 0.6) is 0 Å². The van der Waals surface area contributed by atoms with Gasteiger partial charge in [-0.25, -0.2) is 0 Å².